The first-order valence-electron chi connectivity index (χ1n) is 11.6. The number of benzene rings is 2. The van der Waals surface area contributed by atoms with Gasteiger partial charge in [-0.1, -0.05) is 15.9 Å². The van der Waals surface area contributed by atoms with Gasteiger partial charge in [-0.05, 0) is 37.3 Å². The molecule has 0 bridgehead atoms. The summed E-state index contributed by atoms with van der Waals surface area (Å²) in [4.78, 5) is 52.2. The number of carbonyl (C=O) groups is 4. The van der Waals surface area contributed by atoms with Crippen molar-refractivity contribution in [1.82, 2.24) is 4.90 Å². The van der Waals surface area contributed by atoms with Crippen LogP contribution in [0, 0.1) is 0 Å². The number of phenolic OH excluding ortho intramolecular Hbond substituents is 1. The normalized spacial score (nSPS) is 18.9. The number of nitrogens with zero attached hydrogens (tertiary/aromatic N) is 1. The number of amides is 2. The molecule has 0 aliphatic carbocycles. The summed E-state index contributed by atoms with van der Waals surface area (Å²) in [5, 5.41) is 13.3. The number of likely N-dealkylation sites (tertiary alicyclic amines) is 1. The van der Waals surface area contributed by atoms with Crippen LogP contribution < -0.4 is 10.1 Å². The van der Waals surface area contributed by atoms with Crippen molar-refractivity contribution in [3.05, 3.63) is 57.6 Å². The molecule has 10 heteroatoms. The zero-order valence-electron chi connectivity index (χ0n) is 19.4. The monoisotopic (exact) mass is 554 g/mol. The summed E-state index contributed by atoms with van der Waals surface area (Å²) in [6, 6.07) is 7.82. The van der Waals surface area contributed by atoms with Gasteiger partial charge in [0.25, 0.3) is 5.91 Å². The van der Waals surface area contributed by atoms with Gasteiger partial charge in [0.05, 0.1) is 29.7 Å². The molecule has 186 valence electrons. The fourth-order valence-corrected chi connectivity index (χ4v) is 5.19. The Balaban J connectivity index is 1.39. The van der Waals surface area contributed by atoms with E-state index in [1.165, 1.54) is 12.1 Å². The van der Waals surface area contributed by atoms with Crippen LogP contribution in [0.5, 0.6) is 11.5 Å². The Hall–Kier alpha value is -3.66. The average molecular weight is 555 g/mol. The molecule has 0 radical (unpaired) electrons. The van der Waals surface area contributed by atoms with Gasteiger partial charge < -0.3 is 24.8 Å². The van der Waals surface area contributed by atoms with Crippen LogP contribution in [0.2, 0.25) is 0 Å². The Bertz CT molecular complexity index is 1340. The van der Waals surface area contributed by atoms with Crippen molar-refractivity contribution < 1.29 is 33.8 Å². The van der Waals surface area contributed by atoms with Crippen LogP contribution in [0.25, 0.3) is 5.57 Å². The topological polar surface area (TPSA) is 122 Å². The van der Waals surface area contributed by atoms with E-state index in [9.17, 15) is 24.3 Å². The number of phenols is 1. The van der Waals surface area contributed by atoms with Gasteiger partial charge in [-0.2, -0.15) is 0 Å². The third-order valence-electron chi connectivity index (χ3n) is 6.71. The first-order chi connectivity index (χ1) is 17.2. The number of hydrogen-bond donors (Lipinski definition) is 2. The molecule has 0 aromatic heterocycles. The number of fused-ring (bicyclic) bond motifs is 2. The van der Waals surface area contributed by atoms with Crippen molar-refractivity contribution in [2.45, 2.75) is 31.8 Å². The van der Waals surface area contributed by atoms with Gasteiger partial charge in [0.2, 0.25) is 0 Å². The molecule has 2 N–H and O–H groups in total. The summed E-state index contributed by atoms with van der Waals surface area (Å²) in [7, 11) is 0. The number of nitrogens with one attached hydrogen (secondary N) is 1. The number of carbonyl (C=O) groups excluding carboxylic acids is 4. The van der Waals surface area contributed by atoms with Crippen LogP contribution >= 0.6 is 15.9 Å². The molecule has 3 aliphatic heterocycles. The summed E-state index contributed by atoms with van der Waals surface area (Å²) in [5.41, 5.74) is 0.639. The van der Waals surface area contributed by atoms with Crippen molar-refractivity contribution in [3.63, 3.8) is 0 Å². The molecule has 36 heavy (non-hydrogen) atoms. The van der Waals surface area contributed by atoms with Crippen molar-refractivity contribution in [1.29, 1.82) is 0 Å². The number of piperidine rings is 1. The minimum Gasteiger partial charge on any atom is -0.507 e. The molecule has 1 fully saturated rings. The predicted octanol–water partition coefficient (Wildman–Crippen LogP) is 4.33. The molecule has 5 rings (SSSR count). The molecular weight excluding hydrogens is 532 g/mol. The highest BCUT2D eigenvalue weighted by atomic mass is 79.9. The van der Waals surface area contributed by atoms with Crippen LogP contribution in [0.15, 0.2) is 40.9 Å². The van der Waals surface area contributed by atoms with Crippen LogP contribution in [-0.2, 0) is 9.53 Å². The van der Waals surface area contributed by atoms with Gasteiger partial charge in [0.1, 0.15) is 17.1 Å². The number of rotatable bonds is 3. The van der Waals surface area contributed by atoms with Crippen molar-refractivity contribution in [2.75, 3.05) is 25.0 Å². The quantitative estimate of drug-likeness (QED) is 0.427. The van der Waals surface area contributed by atoms with E-state index in [4.69, 9.17) is 9.47 Å². The molecule has 1 spiro atoms. The fraction of sp³-hybridized carbons (Fsp3) is 0.308. The Morgan fingerprint density at radius 2 is 1.94 bits per heavy atom. The zero-order valence-corrected chi connectivity index (χ0v) is 21.0. The molecule has 1 saturated heterocycles. The Kier molecular flexibility index (Phi) is 6.07. The number of ether oxygens (including phenoxy) is 2. The molecule has 3 heterocycles. The first-order valence-corrected chi connectivity index (χ1v) is 12.4. The highest BCUT2D eigenvalue weighted by Crippen LogP contribution is 2.42. The average Bonchev–Trinajstić information content (AvgIpc) is 3.13. The predicted molar refractivity (Wildman–Crippen MR) is 133 cm³/mol. The van der Waals surface area contributed by atoms with E-state index in [0.717, 1.165) is 10.5 Å². The van der Waals surface area contributed by atoms with Crippen molar-refractivity contribution in [2.24, 2.45) is 0 Å². The number of hydrogen-bond acceptors (Lipinski definition) is 7. The van der Waals surface area contributed by atoms with E-state index >= 15 is 0 Å². The molecule has 2 aromatic carbocycles. The van der Waals surface area contributed by atoms with Gasteiger partial charge in [-0.25, -0.2) is 4.79 Å². The zero-order chi connectivity index (χ0) is 25.6. The maximum atomic E-state index is 13.1. The van der Waals surface area contributed by atoms with Crippen LogP contribution in [0.3, 0.4) is 0 Å². The molecule has 2 amide bonds. The maximum absolute atomic E-state index is 13.1. The van der Waals surface area contributed by atoms with E-state index in [2.05, 4.69) is 21.2 Å². The van der Waals surface area contributed by atoms with Crippen molar-refractivity contribution >= 4 is 50.8 Å². The largest absolute Gasteiger partial charge is 0.507 e. The second-order valence-electron chi connectivity index (χ2n) is 9.00. The minimum absolute atomic E-state index is 0.0949. The minimum atomic E-state index is -0.786. The number of Topliss-reactive ketones (excluding diaryl/α,β-unsaturated/α-hetero) is 1. The Labute approximate surface area is 215 Å². The van der Waals surface area contributed by atoms with Crippen LogP contribution in [0.1, 0.15) is 52.5 Å². The van der Waals surface area contributed by atoms with Gasteiger partial charge in [0, 0.05) is 47.7 Å². The molecule has 0 unspecified atom stereocenters. The summed E-state index contributed by atoms with van der Waals surface area (Å²) >= 11 is 3.36. The number of ketones is 2. The molecule has 0 saturated carbocycles. The van der Waals surface area contributed by atoms with Crippen LogP contribution in [-0.4, -0.2) is 58.9 Å². The molecular formula is C26H23BrN2O7. The lowest BCUT2D eigenvalue weighted by molar-refractivity contribution is -0.110. The third-order valence-corrected chi connectivity index (χ3v) is 7.21. The lowest BCUT2D eigenvalue weighted by atomic mass is 9.82. The summed E-state index contributed by atoms with van der Waals surface area (Å²) in [5.74, 6) is -1.40. The maximum Gasteiger partial charge on any atom is 0.409 e. The number of halogens is 1. The summed E-state index contributed by atoms with van der Waals surface area (Å²) in [6.45, 7) is 2.80. The lowest BCUT2D eigenvalue weighted by Crippen LogP contribution is -2.52. The molecule has 2 aromatic rings. The summed E-state index contributed by atoms with van der Waals surface area (Å²) < 4.78 is 12.0. The highest BCUT2D eigenvalue weighted by molar-refractivity contribution is 9.10. The summed E-state index contributed by atoms with van der Waals surface area (Å²) in [6.07, 6.45) is 1.75. The van der Waals surface area contributed by atoms with E-state index < -0.39 is 23.4 Å². The van der Waals surface area contributed by atoms with E-state index in [0.29, 0.717) is 37.2 Å². The number of allylic oxidation sites excluding steroid dienone is 1. The third kappa shape index (κ3) is 4.26. The number of anilines is 1. The van der Waals surface area contributed by atoms with E-state index in [1.54, 1.807) is 30.0 Å². The Morgan fingerprint density at radius 1 is 1.19 bits per heavy atom. The molecule has 0 atom stereocenters. The smallest absolute Gasteiger partial charge is 0.409 e. The van der Waals surface area contributed by atoms with E-state index in [-0.39, 0.29) is 47.0 Å². The lowest BCUT2D eigenvalue weighted by Gasteiger charge is -2.43. The van der Waals surface area contributed by atoms with Gasteiger partial charge in [-0.3, -0.25) is 14.4 Å². The van der Waals surface area contributed by atoms with Crippen LogP contribution in [0.4, 0.5) is 10.5 Å². The number of aromatic hydroxyl groups is 1. The molecule has 9 nitrogen and oxygen atoms in total. The van der Waals surface area contributed by atoms with E-state index in [1.807, 2.05) is 0 Å². The van der Waals surface area contributed by atoms with Crippen molar-refractivity contribution in [3.8, 4) is 11.5 Å². The fourth-order valence-electron chi connectivity index (χ4n) is 4.83. The molecule has 3 aliphatic rings. The Morgan fingerprint density at radius 3 is 2.67 bits per heavy atom. The van der Waals surface area contributed by atoms with Gasteiger partial charge in [0.15, 0.2) is 11.6 Å². The first kappa shape index (κ1) is 24.1. The standard InChI is InChI=1S/C26H23BrN2O7/c1-2-35-25(34)29-7-5-26(6-8-29)13-22(32)18-10-17(21(31)12-23(18)36-26)20(30)11-16-15-9-14(27)3-4-19(15)28-24(16)33/h3-4,9-12,31H,2,5-8,13H2,1H3,(H,28,33)/b16-11-. The highest BCUT2D eigenvalue weighted by Gasteiger charge is 2.44. The SMILES string of the molecule is CCOC(=O)N1CCC2(CC1)CC(=O)c1cc(C(=O)/C=C3\C(=O)Nc4ccc(Br)cc43)c(O)cc1O2. The van der Waals surface area contributed by atoms with Gasteiger partial charge in [-0.15, -0.1) is 0 Å². The second-order valence-corrected chi connectivity index (χ2v) is 9.92. The van der Waals surface area contributed by atoms with Gasteiger partial charge >= 0.3 is 6.09 Å². The second kappa shape index (κ2) is 9.09.